The topological polar surface area (TPSA) is 79.5 Å². The molecule has 6 nitrogen and oxygen atoms in total. The summed E-state index contributed by atoms with van der Waals surface area (Å²) in [7, 11) is 1.58. The van der Waals surface area contributed by atoms with Crippen LogP contribution < -0.4 is 20.7 Å². The van der Waals surface area contributed by atoms with Crippen molar-refractivity contribution in [2.24, 2.45) is 0 Å². The molecule has 35 heavy (non-hydrogen) atoms. The molecule has 0 aliphatic carbocycles. The standard InChI is InChI=1S/C29H25N3O3/c1-35-27-14-8-5-9-21(27)15-20-28(33)32-26-13-7-6-12-25(26)29(34)31-24-18-16-23(17-19-24)30-22-10-3-2-4-11-22/h2-20,30H,1H3,(H,31,34)(H,32,33)/b20-15+. The van der Waals surface area contributed by atoms with Gasteiger partial charge in [-0.1, -0.05) is 48.5 Å². The van der Waals surface area contributed by atoms with Gasteiger partial charge >= 0.3 is 0 Å². The predicted octanol–water partition coefficient (Wildman–Crippen LogP) is 6.34. The minimum absolute atomic E-state index is 0.321. The third-order valence-electron chi connectivity index (χ3n) is 5.19. The van der Waals surface area contributed by atoms with Crippen LogP contribution in [0.5, 0.6) is 5.75 Å². The Labute approximate surface area is 204 Å². The fourth-order valence-corrected chi connectivity index (χ4v) is 3.46. The van der Waals surface area contributed by atoms with Gasteiger partial charge in [0.2, 0.25) is 5.91 Å². The lowest BCUT2D eigenvalue weighted by atomic mass is 10.1. The summed E-state index contributed by atoms with van der Waals surface area (Å²) < 4.78 is 5.30. The third-order valence-corrected chi connectivity index (χ3v) is 5.19. The molecule has 0 saturated heterocycles. The van der Waals surface area contributed by atoms with Crippen molar-refractivity contribution in [3.63, 3.8) is 0 Å². The molecule has 174 valence electrons. The van der Waals surface area contributed by atoms with E-state index in [-0.39, 0.29) is 11.8 Å². The van der Waals surface area contributed by atoms with Gasteiger partial charge in [0.05, 0.1) is 18.4 Å². The van der Waals surface area contributed by atoms with Gasteiger partial charge in [0, 0.05) is 28.7 Å². The smallest absolute Gasteiger partial charge is 0.257 e. The SMILES string of the molecule is COc1ccccc1/C=C/C(=O)Nc1ccccc1C(=O)Nc1ccc(Nc2ccccc2)cc1. The molecule has 0 heterocycles. The zero-order chi connectivity index (χ0) is 24.5. The van der Waals surface area contributed by atoms with Crippen molar-refractivity contribution in [3.8, 4) is 5.75 Å². The summed E-state index contributed by atoms with van der Waals surface area (Å²) in [5.74, 6) is -0.00723. The van der Waals surface area contributed by atoms with Gasteiger partial charge in [-0.3, -0.25) is 9.59 Å². The molecular weight excluding hydrogens is 438 g/mol. The summed E-state index contributed by atoms with van der Waals surface area (Å²) in [5, 5.41) is 8.97. The van der Waals surface area contributed by atoms with Gasteiger partial charge in [-0.2, -0.15) is 0 Å². The second-order valence-electron chi connectivity index (χ2n) is 7.63. The minimum atomic E-state index is -0.354. The number of carbonyl (C=O) groups is 2. The Balaban J connectivity index is 1.41. The Bertz CT molecular complexity index is 1330. The number of carbonyl (C=O) groups excluding carboxylic acids is 2. The quantitative estimate of drug-likeness (QED) is 0.266. The van der Waals surface area contributed by atoms with E-state index in [4.69, 9.17) is 4.74 Å². The molecule has 6 heteroatoms. The number of hydrogen-bond acceptors (Lipinski definition) is 4. The van der Waals surface area contributed by atoms with Gasteiger partial charge in [0.1, 0.15) is 5.75 Å². The maximum absolute atomic E-state index is 12.9. The van der Waals surface area contributed by atoms with Crippen molar-refractivity contribution in [2.75, 3.05) is 23.1 Å². The maximum Gasteiger partial charge on any atom is 0.257 e. The van der Waals surface area contributed by atoms with Crippen LogP contribution >= 0.6 is 0 Å². The van der Waals surface area contributed by atoms with Crippen molar-refractivity contribution in [3.05, 3.63) is 120 Å². The van der Waals surface area contributed by atoms with Crippen molar-refractivity contribution in [1.82, 2.24) is 0 Å². The van der Waals surface area contributed by atoms with Gasteiger partial charge in [-0.15, -0.1) is 0 Å². The highest BCUT2D eigenvalue weighted by Crippen LogP contribution is 2.22. The van der Waals surface area contributed by atoms with E-state index in [1.165, 1.54) is 6.08 Å². The average Bonchev–Trinajstić information content (AvgIpc) is 2.89. The van der Waals surface area contributed by atoms with E-state index < -0.39 is 0 Å². The molecule has 0 aliphatic rings. The molecule has 0 saturated carbocycles. The van der Waals surface area contributed by atoms with Crippen LogP contribution in [0, 0.1) is 0 Å². The molecule has 0 unspecified atom stereocenters. The number of methoxy groups -OCH3 is 1. The molecule has 0 fully saturated rings. The van der Waals surface area contributed by atoms with Gasteiger partial charge in [0.25, 0.3) is 5.91 Å². The first-order chi connectivity index (χ1) is 17.1. The van der Waals surface area contributed by atoms with Crippen LogP contribution in [0.25, 0.3) is 6.08 Å². The highest BCUT2D eigenvalue weighted by Gasteiger charge is 2.13. The molecule has 4 aromatic rings. The number of nitrogens with one attached hydrogen (secondary N) is 3. The summed E-state index contributed by atoms with van der Waals surface area (Å²) in [6.07, 6.45) is 3.08. The average molecular weight is 464 g/mol. The van der Waals surface area contributed by atoms with Gasteiger partial charge < -0.3 is 20.7 Å². The zero-order valence-electron chi connectivity index (χ0n) is 19.2. The lowest BCUT2D eigenvalue weighted by Gasteiger charge is -2.11. The van der Waals surface area contributed by atoms with Crippen LogP contribution in [0.2, 0.25) is 0 Å². The van der Waals surface area contributed by atoms with Crippen LogP contribution in [0.3, 0.4) is 0 Å². The summed E-state index contributed by atoms with van der Waals surface area (Å²) >= 11 is 0. The molecule has 0 bridgehead atoms. The van der Waals surface area contributed by atoms with E-state index >= 15 is 0 Å². The number of ether oxygens (including phenoxy) is 1. The summed E-state index contributed by atoms with van der Waals surface area (Å²) in [6.45, 7) is 0. The number of hydrogen-bond donors (Lipinski definition) is 3. The Kier molecular flexibility index (Phi) is 7.56. The van der Waals surface area contributed by atoms with Crippen molar-refractivity contribution in [1.29, 1.82) is 0 Å². The van der Waals surface area contributed by atoms with E-state index in [1.807, 2.05) is 78.9 Å². The minimum Gasteiger partial charge on any atom is -0.496 e. The van der Waals surface area contributed by atoms with Crippen LogP contribution in [0.15, 0.2) is 109 Å². The number of amides is 2. The highest BCUT2D eigenvalue weighted by atomic mass is 16.5. The second-order valence-corrected chi connectivity index (χ2v) is 7.63. The maximum atomic E-state index is 12.9. The number of para-hydroxylation sites is 3. The van der Waals surface area contributed by atoms with Crippen LogP contribution in [-0.4, -0.2) is 18.9 Å². The number of benzene rings is 4. The first-order valence-corrected chi connectivity index (χ1v) is 11.1. The zero-order valence-corrected chi connectivity index (χ0v) is 19.2. The van der Waals surface area contributed by atoms with Crippen molar-refractivity contribution < 1.29 is 14.3 Å². The van der Waals surface area contributed by atoms with Crippen molar-refractivity contribution in [2.45, 2.75) is 0 Å². The van der Waals surface area contributed by atoms with Crippen LogP contribution in [0.4, 0.5) is 22.7 Å². The molecule has 0 atom stereocenters. The van der Waals surface area contributed by atoms with Crippen LogP contribution in [0.1, 0.15) is 15.9 Å². The molecule has 0 radical (unpaired) electrons. The molecule has 0 aromatic heterocycles. The van der Waals surface area contributed by atoms with Crippen LogP contribution in [-0.2, 0) is 4.79 Å². The van der Waals surface area contributed by atoms with E-state index in [0.29, 0.717) is 22.7 Å². The lowest BCUT2D eigenvalue weighted by molar-refractivity contribution is -0.111. The molecule has 4 rings (SSSR count). The molecule has 2 amide bonds. The Morgan fingerprint density at radius 1 is 0.686 bits per heavy atom. The Hall–Kier alpha value is -4.84. The highest BCUT2D eigenvalue weighted by molar-refractivity contribution is 6.11. The first-order valence-electron chi connectivity index (χ1n) is 11.1. The normalized spacial score (nSPS) is 10.5. The number of anilines is 4. The molecule has 4 aromatic carbocycles. The molecule has 3 N–H and O–H groups in total. The Morgan fingerprint density at radius 2 is 1.31 bits per heavy atom. The summed E-state index contributed by atoms with van der Waals surface area (Å²) in [4.78, 5) is 25.5. The largest absolute Gasteiger partial charge is 0.496 e. The van der Waals surface area contributed by atoms with Gasteiger partial charge in [-0.25, -0.2) is 0 Å². The van der Waals surface area contributed by atoms with Crippen molar-refractivity contribution >= 4 is 40.6 Å². The lowest BCUT2D eigenvalue weighted by Crippen LogP contribution is -2.17. The van der Waals surface area contributed by atoms with E-state index in [0.717, 1.165) is 16.9 Å². The van der Waals surface area contributed by atoms with E-state index in [2.05, 4.69) is 16.0 Å². The summed E-state index contributed by atoms with van der Waals surface area (Å²) in [6, 6.07) is 31.5. The Morgan fingerprint density at radius 3 is 2.09 bits per heavy atom. The monoisotopic (exact) mass is 463 g/mol. The second kappa shape index (κ2) is 11.3. The first kappa shape index (κ1) is 23.3. The number of rotatable bonds is 8. The fourth-order valence-electron chi connectivity index (χ4n) is 3.46. The van der Waals surface area contributed by atoms with E-state index in [9.17, 15) is 9.59 Å². The third kappa shape index (κ3) is 6.36. The molecular formula is C29H25N3O3. The van der Waals surface area contributed by atoms with E-state index in [1.54, 1.807) is 37.5 Å². The fraction of sp³-hybridized carbons (Fsp3) is 0.0345. The molecule has 0 spiro atoms. The molecule has 0 aliphatic heterocycles. The van der Waals surface area contributed by atoms with Gasteiger partial charge in [-0.05, 0) is 60.7 Å². The summed E-state index contributed by atoms with van der Waals surface area (Å²) in [5.41, 5.74) is 4.09. The van der Waals surface area contributed by atoms with Gasteiger partial charge in [0.15, 0.2) is 0 Å². The predicted molar refractivity (Wildman–Crippen MR) is 141 cm³/mol.